The molecule has 0 bridgehead atoms. The quantitative estimate of drug-likeness (QED) is 0.573. The number of carbonyl (C=O) groups is 5. The Kier molecular flexibility index (Phi) is 3.09. The first-order chi connectivity index (χ1) is 11.5. The van der Waals surface area contributed by atoms with E-state index in [1.807, 2.05) is 0 Å². The number of fused-ring (bicyclic) bond motifs is 2. The van der Waals surface area contributed by atoms with E-state index in [0.717, 1.165) is 16.7 Å². The van der Waals surface area contributed by atoms with Crippen LogP contribution in [0.4, 0.5) is 0 Å². The lowest BCUT2D eigenvalue weighted by molar-refractivity contribution is -0.136. The highest BCUT2D eigenvalue weighted by molar-refractivity contribution is 6.22. The summed E-state index contributed by atoms with van der Waals surface area (Å²) in [6.45, 7) is 0. The Labute approximate surface area is 136 Å². The molecule has 1 aromatic heterocycles. The molecule has 122 valence electrons. The van der Waals surface area contributed by atoms with Gasteiger partial charge < -0.3 is 4.79 Å². The number of pyridine rings is 1. The fourth-order valence-electron chi connectivity index (χ4n) is 3.52. The third kappa shape index (κ3) is 1.99. The number of nitrogens with one attached hydrogen (secondary N) is 1. The van der Waals surface area contributed by atoms with Gasteiger partial charge in [0.15, 0.2) is 0 Å². The molecule has 1 N–H and O–H groups in total. The summed E-state index contributed by atoms with van der Waals surface area (Å²) < 4.78 is 0. The number of hydrogen-bond acceptors (Lipinski definition) is 6. The fraction of sp³-hybridized carbons (Fsp3) is 0.375. The maximum absolute atomic E-state index is 12.6. The van der Waals surface area contributed by atoms with Crippen LogP contribution in [0.1, 0.15) is 44.9 Å². The second kappa shape index (κ2) is 5.05. The van der Waals surface area contributed by atoms with Crippen LogP contribution in [-0.2, 0) is 27.2 Å². The number of carbonyl (C=O) groups excluding carboxylic acids is 5. The molecular weight excluding hydrogens is 314 g/mol. The molecule has 24 heavy (non-hydrogen) atoms. The number of nitrogens with zero attached hydrogens (tertiary/aromatic N) is 2. The number of hydrogen-bond donors (Lipinski definition) is 1. The van der Waals surface area contributed by atoms with Crippen LogP contribution in [0.2, 0.25) is 0 Å². The van der Waals surface area contributed by atoms with Gasteiger partial charge >= 0.3 is 0 Å². The van der Waals surface area contributed by atoms with Gasteiger partial charge in [-0.2, -0.15) is 0 Å². The minimum atomic E-state index is -0.991. The zero-order chi connectivity index (χ0) is 17.0. The Hall–Kier alpha value is -2.90. The van der Waals surface area contributed by atoms with E-state index in [1.54, 1.807) is 6.07 Å². The highest BCUT2D eigenvalue weighted by atomic mass is 16.2. The average Bonchev–Trinajstić information content (AvgIpc) is 3.06. The lowest BCUT2D eigenvalue weighted by Gasteiger charge is -2.27. The van der Waals surface area contributed by atoms with Crippen LogP contribution in [0.25, 0.3) is 0 Å². The maximum Gasteiger partial charge on any atom is 0.280 e. The molecule has 0 aromatic carbocycles. The number of piperidine rings is 1. The van der Waals surface area contributed by atoms with Gasteiger partial charge in [0, 0.05) is 18.0 Å². The lowest BCUT2D eigenvalue weighted by Crippen LogP contribution is -2.54. The van der Waals surface area contributed by atoms with Gasteiger partial charge in [0.05, 0.1) is 5.56 Å². The van der Waals surface area contributed by atoms with Gasteiger partial charge in [-0.25, -0.2) is 4.98 Å². The second-order valence-electron chi connectivity index (χ2n) is 6.24. The highest BCUT2D eigenvalue weighted by Crippen LogP contribution is 2.32. The van der Waals surface area contributed by atoms with E-state index in [2.05, 4.69) is 10.3 Å². The average molecular weight is 327 g/mol. The van der Waals surface area contributed by atoms with Gasteiger partial charge in [-0.3, -0.25) is 29.4 Å². The fourth-order valence-corrected chi connectivity index (χ4v) is 3.52. The molecule has 1 aliphatic carbocycles. The molecule has 4 rings (SSSR count). The minimum absolute atomic E-state index is 0.0231. The van der Waals surface area contributed by atoms with Gasteiger partial charge in [0.1, 0.15) is 18.0 Å². The van der Waals surface area contributed by atoms with E-state index in [4.69, 9.17) is 0 Å². The summed E-state index contributed by atoms with van der Waals surface area (Å²) in [6.07, 6.45) is 1.99. The molecule has 1 aromatic rings. The van der Waals surface area contributed by atoms with E-state index in [9.17, 15) is 24.0 Å². The third-order valence-corrected chi connectivity index (χ3v) is 4.71. The number of rotatable bonds is 2. The van der Waals surface area contributed by atoms with Crippen molar-refractivity contribution in [3.63, 3.8) is 0 Å². The molecule has 2 aliphatic heterocycles. The Morgan fingerprint density at radius 2 is 1.96 bits per heavy atom. The van der Waals surface area contributed by atoms with Crippen molar-refractivity contribution in [2.75, 3.05) is 0 Å². The minimum Gasteiger partial charge on any atom is -0.303 e. The molecule has 2 unspecified atom stereocenters. The summed E-state index contributed by atoms with van der Waals surface area (Å²) in [6, 6.07) is 0.613. The van der Waals surface area contributed by atoms with E-state index in [-0.39, 0.29) is 30.0 Å². The second-order valence-corrected chi connectivity index (χ2v) is 6.24. The van der Waals surface area contributed by atoms with Crippen LogP contribution in [0.15, 0.2) is 6.07 Å². The predicted molar refractivity (Wildman–Crippen MR) is 77.9 cm³/mol. The van der Waals surface area contributed by atoms with Crippen LogP contribution < -0.4 is 5.32 Å². The zero-order valence-electron chi connectivity index (χ0n) is 12.6. The van der Waals surface area contributed by atoms with Gasteiger partial charge in [0.2, 0.25) is 11.8 Å². The molecule has 0 spiro atoms. The first kappa shape index (κ1) is 14.7. The van der Waals surface area contributed by atoms with Crippen molar-refractivity contribution in [3.05, 3.63) is 28.6 Å². The maximum atomic E-state index is 12.6. The van der Waals surface area contributed by atoms with Gasteiger partial charge in [-0.05, 0) is 30.9 Å². The van der Waals surface area contributed by atoms with E-state index >= 15 is 0 Å². The van der Waals surface area contributed by atoms with Gasteiger partial charge in [-0.15, -0.1) is 0 Å². The molecular formula is C16H13N3O5. The van der Waals surface area contributed by atoms with Crippen LogP contribution >= 0.6 is 0 Å². The molecule has 8 heteroatoms. The number of amides is 4. The summed E-state index contributed by atoms with van der Waals surface area (Å²) in [4.78, 5) is 64.5. The van der Waals surface area contributed by atoms with Gasteiger partial charge in [0.25, 0.3) is 11.8 Å². The SMILES string of the molecule is O=CC1Cc2cc3c(nc2C1)C(=O)N(C1CCC(=O)NC1=O)C3=O. The van der Waals surface area contributed by atoms with Crippen molar-refractivity contribution in [1.82, 2.24) is 15.2 Å². The molecule has 2 atom stereocenters. The smallest absolute Gasteiger partial charge is 0.280 e. The first-order valence-corrected chi connectivity index (χ1v) is 7.69. The Morgan fingerprint density at radius 3 is 2.67 bits per heavy atom. The van der Waals surface area contributed by atoms with E-state index in [0.29, 0.717) is 18.5 Å². The molecule has 1 saturated heterocycles. The van der Waals surface area contributed by atoms with Crippen molar-refractivity contribution >= 4 is 29.9 Å². The van der Waals surface area contributed by atoms with Crippen LogP contribution in [0.3, 0.4) is 0 Å². The van der Waals surface area contributed by atoms with Crippen LogP contribution in [0, 0.1) is 5.92 Å². The van der Waals surface area contributed by atoms with Crippen molar-refractivity contribution in [3.8, 4) is 0 Å². The zero-order valence-corrected chi connectivity index (χ0v) is 12.6. The summed E-state index contributed by atoms with van der Waals surface area (Å²) in [5.41, 5.74) is 1.62. The number of aromatic nitrogens is 1. The Morgan fingerprint density at radius 1 is 1.17 bits per heavy atom. The first-order valence-electron chi connectivity index (χ1n) is 7.69. The lowest BCUT2D eigenvalue weighted by atomic mass is 10.0. The largest absolute Gasteiger partial charge is 0.303 e. The third-order valence-electron chi connectivity index (χ3n) is 4.71. The van der Waals surface area contributed by atoms with E-state index < -0.39 is 29.7 Å². The normalized spacial score (nSPS) is 25.6. The summed E-state index contributed by atoms with van der Waals surface area (Å²) in [5, 5.41) is 2.15. The number of imide groups is 2. The molecule has 3 aliphatic rings. The molecule has 1 fully saturated rings. The summed E-state index contributed by atoms with van der Waals surface area (Å²) in [5.74, 6) is -2.43. The Bertz CT molecular complexity index is 786. The number of aldehydes is 1. The standard InChI is InChI=1S/C16H13N3O5/c20-6-7-3-8-5-9-13(17-10(8)4-7)16(24)19(15(9)23)11-1-2-12(21)18-14(11)22/h5-7,11H,1-4H2,(H,18,21,22). The van der Waals surface area contributed by atoms with Crippen molar-refractivity contribution in [1.29, 1.82) is 0 Å². The Balaban J connectivity index is 1.69. The topological polar surface area (TPSA) is 114 Å². The predicted octanol–water partition coefficient (Wildman–Crippen LogP) is -0.603. The summed E-state index contributed by atoms with van der Waals surface area (Å²) in [7, 11) is 0. The van der Waals surface area contributed by atoms with Gasteiger partial charge in [-0.1, -0.05) is 0 Å². The summed E-state index contributed by atoms with van der Waals surface area (Å²) >= 11 is 0. The highest BCUT2D eigenvalue weighted by Gasteiger charge is 2.46. The van der Waals surface area contributed by atoms with Crippen LogP contribution in [-0.4, -0.2) is 45.8 Å². The van der Waals surface area contributed by atoms with E-state index in [1.165, 1.54) is 0 Å². The monoisotopic (exact) mass is 327 g/mol. The van der Waals surface area contributed by atoms with Crippen molar-refractivity contribution in [2.24, 2.45) is 5.92 Å². The van der Waals surface area contributed by atoms with Crippen LogP contribution in [0.5, 0.6) is 0 Å². The van der Waals surface area contributed by atoms with Crippen molar-refractivity contribution in [2.45, 2.75) is 31.7 Å². The molecule has 0 saturated carbocycles. The molecule has 8 nitrogen and oxygen atoms in total. The molecule has 3 heterocycles. The molecule has 4 amide bonds. The molecule has 0 radical (unpaired) electrons. The van der Waals surface area contributed by atoms with Crippen molar-refractivity contribution < 1.29 is 24.0 Å².